The number of nitrogens with zero attached hydrogens (tertiary/aromatic N) is 5. The number of carbonyl (C=O) groups is 1. The number of benzene rings is 2. The van der Waals surface area contributed by atoms with Crippen LogP contribution in [0.5, 0.6) is 0 Å². The number of allylic oxidation sites excluding steroid dienone is 1. The number of hydrogen-bond acceptors (Lipinski definition) is 7. The molecule has 32 heavy (non-hydrogen) atoms. The molecule has 0 spiro atoms. The lowest BCUT2D eigenvalue weighted by Crippen LogP contribution is -2.16. The van der Waals surface area contributed by atoms with Gasteiger partial charge < -0.3 is 9.47 Å². The van der Waals surface area contributed by atoms with E-state index in [-0.39, 0.29) is 17.1 Å². The summed E-state index contributed by atoms with van der Waals surface area (Å²) >= 11 is 2.82. The number of Topliss-reactive ketones (excluding diaryl/α,β-unsaturated/α-hetero) is 1. The molecule has 6 nitrogen and oxygen atoms in total. The number of para-hydroxylation sites is 1. The van der Waals surface area contributed by atoms with Gasteiger partial charge in [0.25, 0.3) is 0 Å². The predicted molar refractivity (Wildman–Crippen MR) is 127 cm³/mol. The highest BCUT2D eigenvalue weighted by molar-refractivity contribution is 8.03. The van der Waals surface area contributed by atoms with E-state index >= 15 is 0 Å². The Labute approximate surface area is 195 Å². The number of anilines is 1. The van der Waals surface area contributed by atoms with Crippen LogP contribution in [0, 0.1) is 11.3 Å². The fraction of sp³-hybridized carbons (Fsp3) is 0.250. The van der Waals surface area contributed by atoms with Crippen LogP contribution in [0.1, 0.15) is 30.1 Å². The summed E-state index contributed by atoms with van der Waals surface area (Å²) in [7, 11) is 1.89. The van der Waals surface area contributed by atoms with E-state index < -0.39 is 0 Å². The van der Waals surface area contributed by atoms with E-state index in [0.717, 1.165) is 34.4 Å². The number of hydrogen-bond donors (Lipinski definition) is 0. The van der Waals surface area contributed by atoms with Gasteiger partial charge in [0, 0.05) is 17.9 Å². The van der Waals surface area contributed by atoms with Gasteiger partial charge >= 0.3 is 0 Å². The molecule has 0 amide bonds. The van der Waals surface area contributed by atoms with Crippen LogP contribution in [0.15, 0.2) is 75.3 Å². The second-order valence-corrected chi connectivity index (χ2v) is 9.79. The van der Waals surface area contributed by atoms with E-state index in [9.17, 15) is 10.1 Å². The van der Waals surface area contributed by atoms with Crippen molar-refractivity contribution >= 4 is 35.0 Å². The van der Waals surface area contributed by atoms with E-state index in [1.807, 2.05) is 54.4 Å². The van der Waals surface area contributed by atoms with E-state index in [1.165, 1.54) is 29.1 Å². The van der Waals surface area contributed by atoms with E-state index in [1.54, 1.807) is 0 Å². The van der Waals surface area contributed by atoms with Crippen LogP contribution in [0.4, 0.5) is 5.69 Å². The number of ketones is 1. The average molecular weight is 460 g/mol. The van der Waals surface area contributed by atoms with Crippen molar-refractivity contribution in [1.82, 2.24) is 14.8 Å². The molecular formula is C24H21N5OS2. The first kappa shape index (κ1) is 20.9. The summed E-state index contributed by atoms with van der Waals surface area (Å²) in [5.41, 5.74) is 2.37. The maximum Gasteiger partial charge on any atom is 0.191 e. The Hall–Kier alpha value is -3.02. The lowest BCUT2D eigenvalue weighted by Gasteiger charge is -2.14. The summed E-state index contributed by atoms with van der Waals surface area (Å²) < 4.78 is 2.12. The molecule has 1 aromatic heterocycles. The first-order valence-corrected chi connectivity index (χ1v) is 12.2. The molecular weight excluding hydrogens is 438 g/mol. The monoisotopic (exact) mass is 459 g/mol. The fourth-order valence-corrected chi connectivity index (χ4v) is 5.70. The summed E-state index contributed by atoms with van der Waals surface area (Å²) in [5, 5.41) is 20.0. The maximum absolute atomic E-state index is 13.1. The molecule has 0 N–H and O–H groups in total. The first-order chi connectivity index (χ1) is 15.7. The number of thioether (sulfide) groups is 2. The molecule has 1 fully saturated rings. The van der Waals surface area contributed by atoms with Crippen molar-refractivity contribution in [2.45, 2.75) is 35.4 Å². The Balaban J connectivity index is 1.36. The zero-order chi connectivity index (χ0) is 22.1. The molecule has 0 atom stereocenters. The van der Waals surface area contributed by atoms with Crippen molar-refractivity contribution in [2.75, 3.05) is 17.7 Å². The molecule has 5 rings (SSSR count). The van der Waals surface area contributed by atoms with Gasteiger partial charge in [-0.3, -0.25) is 4.79 Å². The molecule has 2 aromatic carbocycles. The van der Waals surface area contributed by atoms with E-state index in [2.05, 4.69) is 33.0 Å². The standard InChI is InChI=1S/C24H21N5OS2/c1-28-19-9-5-6-10-21(19)32-23(28)18(13-25)20(30)15-31-24-27-26-22(17-11-12-17)29(24)14-16-7-3-2-4-8-16/h2-10,17H,11-12,14-15H2,1H3/b23-18+. The van der Waals surface area contributed by atoms with Crippen LogP contribution in [-0.4, -0.2) is 33.3 Å². The molecule has 160 valence electrons. The Morgan fingerprint density at radius 1 is 1.16 bits per heavy atom. The van der Waals surface area contributed by atoms with Crippen molar-refractivity contribution in [2.24, 2.45) is 0 Å². The second kappa shape index (κ2) is 8.85. The lowest BCUT2D eigenvalue weighted by molar-refractivity contribution is -0.112. The first-order valence-electron chi connectivity index (χ1n) is 10.4. The van der Waals surface area contributed by atoms with Crippen LogP contribution in [0.25, 0.3) is 0 Å². The summed E-state index contributed by atoms with van der Waals surface area (Å²) in [4.78, 5) is 16.0. The molecule has 0 radical (unpaired) electrons. The summed E-state index contributed by atoms with van der Waals surface area (Å²) in [6.45, 7) is 0.677. The van der Waals surface area contributed by atoms with Crippen molar-refractivity contribution < 1.29 is 4.79 Å². The van der Waals surface area contributed by atoms with Crippen LogP contribution >= 0.6 is 23.5 Å². The van der Waals surface area contributed by atoms with Crippen LogP contribution in [-0.2, 0) is 11.3 Å². The molecule has 0 unspecified atom stereocenters. The Bertz CT molecular complexity index is 1240. The topological polar surface area (TPSA) is 74.8 Å². The number of carbonyl (C=O) groups excluding carboxylic acids is 1. The van der Waals surface area contributed by atoms with Crippen molar-refractivity contribution in [3.05, 3.63) is 76.6 Å². The predicted octanol–water partition coefficient (Wildman–Crippen LogP) is 4.84. The minimum absolute atomic E-state index is 0.148. The largest absolute Gasteiger partial charge is 0.337 e. The lowest BCUT2D eigenvalue weighted by atomic mass is 10.2. The highest BCUT2D eigenvalue weighted by atomic mass is 32.2. The van der Waals surface area contributed by atoms with Gasteiger partial charge in [-0.1, -0.05) is 66.0 Å². The Morgan fingerprint density at radius 3 is 2.62 bits per heavy atom. The quantitative estimate of drug-likeness (QED) is 0.284. The van der Waals surface area contributed by atoms with Gasteiger partial charge in [-0.15, -0.1) is 10.2 Å². The van der Waals surface area contributed by atoms with Gasteiger partial charge in [-0.25, -0.2) is 0 Å². The Morgan fingerprint density at radius 2 is 1.91 bits per heavy atom. The smallest absolute Gasteiger partial charge is 0.191 e. The van der Waals surface area contributed by atoms with Gasteiger partial charge in [-0.2, -0.15) is 5.26 Å². The van der Waals surface area contributed by atoms with Gasteiger partial charge in [0.15, 0.2) is 10.9 Å². The molecule has 0 bridgehead atoms. The average Bonchev–Trinajstić information content (AvgIpc) is 3.51. The van der Waals surface area contributed by atoms with Gasteiger partial charge in [0.1, 0.15) is 22.5 Å². The van der Waals surface area contributed by atoms with Gasteiger partial charge in [-0.05, 0) is 30.5 Å². The summed E-state index contributed by atoms with van der Waals surface area (Å²) in [6.07, 6.45) is 2.26. The maximum atomic E-state index is 13.1. The van der Waals surface area contributed by atoms with Crippen LogP contribution < -0.4 is 4.90 Å². The highest BCUT2D eigenvalue weighted by Gasteiger charge is 2.31. The van der Waals surface area contributed by atoms with Crippen molar-refractivity contribution in [3.63, 3.8) is 0 Å². The fourth-order valence-electron chi connectivity index (χ4n) is 3.72. The van der Waals surface area contributed by atoms with Gasteiger partial charge in [0.2, 0.25) is 0 Å². The van der Waals surface area contributed by atoms with Crippen molar-refractivity contribution in [1.29, 1.82) is 5.26 Å². The summed E-state index contributed by atoms with van der Waals surface area (Å²) in [5.74, 6) is 1.40. The Kier molecular flexibility index (Phi) is 5.77. The molecule has 2 aliphatic rings. The molecule has 2 heterocycles. The molecule has 1 aliphatic heterocycles. The number of rotatable bonds is 7. The zero-order valence-electron chi connectivity index (χ0n) is 17.6. The van der Waals surface area contributed by atoms with E-state index in [0.29, 0.717) is 17.5 Å². The van der Waals surface area contributed by atoms with Crippen molar-refractivity contribution in [3.8, 4) is 6.07 Å². The van der Waals surface area contributed by atoms with Crippen LogP contribution in [0.3, 0.4) is 0 Å². The minimum Gasteiger partial charge on any atom is -0.337 e. The SMILES string of the molecule is CN1/C(=C(/C#N)C(=O)CSc2nnc(C3CC3)n2Cc2ccccc2)Sc2ccccc21. The highest BCUT2D eigenvalue weighted by Crippen LogP contribution is 2.46. The molecule has 8 heteroatoms. The van der Waals surface area contributed by atoms with Crippen LogP contribution in [0.2, 0.25) is 0 Å². The summed E-state index contributed by atoms with van der Waals surface area (Å²) in [6, 6.07) is 20.3. The zero-order valence-corrected chi connectivity index (χ0v) is 19.2. The third-order valence-corrected chi connectivity index (χ3v) is 7.75. The minimum atomic E-state index is -0.193. The normalized spacial score (nSPS) is 16.6. The third kappa shape index (κ3) is 4.06. The molecule has 1 aliphatic carbocycles. The second-order valence-electron chi connectivity index (χ2n) is 7.82. The van der Waals surface area contributed by atoms with Gasteiger partial charge in [0.05, 0.1) is 18.0 Å². The number of fused-ring (bicyclic) bond motifs is 1. The molecule has 0 saturated heterocycles. The number of nitriles is 1. The number of aromatic nitrogens is 3. The van der Waals surface area contributed by atoms with E-state index in [4.69, 9.17) is 0 Å². The molecule has 3 aromatic rings. The third-order valence-electron chi connectivity index (χ3n) is 5.55. The molecule has 1 saturated carbocycles.